The van der Waals surface area contributed by atoms with Gasteiger partial charge < -0.3 is 16.0 Å². The lowest BCUT2D eigenvalue weighted by Gasteiger charge is -2.23. The first-order valence-electron chi connectivity index (χ1n) is 10.9. The summed E-state index contributed by atoms with van der Waals surface area (Å²) in [4.78, 5) is 38.9. The number of rotatable bonds is 5. The molecule has 0 bridgehead atoms. The number of amides is 4. The summed E-state index contributed by atoms with van der Waals surface area (Å²) in [5, 5.41) is 8.79. The van der Waals surface area contributed by atoms with Gasteiger partial charge in [0.15, 0.2) is 0 Å². The number of aryl methyl sites for hydroxylation is 1. The maximum absolute atomic E-state index is 12.8. The lowest BCUT2D eigenvalue weighted by molar-refractivity contribution is 0.0927. The van der Waals surface area contributed by atoms with E-state index in [0.717, 1.165) is 18.4 Å². The van der Waals surface area contributed by atoms with Crippen molar-refractivity contribution in [1.82, 2.24) is 10.6 Å². The molecule has 0 spiro atoms. The first kappa shape index (κ1) is 20.9. The van der Waals surface area contributed by atoms with Crippen molar-refractivity contribution in [3.8, 4) is 0 Å². The van der Waals surface area contributed by atoms with Gasteiger partial charge in [-0.05, 0) is 61.7 Å². The van der Waals surface area contributed by atoms with Gasteiger partial charge in [0.05, 0.1) is 0 Å². The van der Waals surface area contributed by atoms with E-state index >= 15 is 0 Å². The number of anilines is 2. The second-order valence-corrected chi connectivity index (χ2v) is 8.23. The molecule has 7 nitrogen and oxygen atoms in total. The second kappa shape index (κ2) is 9.20. The monoisotopic (exact) mass is 420 g/mol. The first-order valence-corrected chi connectivity index (χ1v) is 10.9. The van der Waals surface area contributed by atoms with E-state index in [2.05, 4.69) is 16.0 Å². The smallest absolute Gasteiger partial charge is 0.321 e. The topological polar surface area (TPSA) is 90.5 Å². The predicted octanol–water partition coefficient (Wildman–Crippen LogP) is 3.84. The minimum Gasteiger partial charge on any atom is -0.349 e. The normalized spacial score (nSPS) is 16.7. The van der Waals surface area contributed by atoms with Crippen LogP contribution in [0.2, 0.25) is 0 Å². The van der Waals surface area contributed by atoms with E-state index in [1.54, 1.807) is 41.3 Å². The van der Waals surface area contributed by atoms with Crippen LogP contribution < -0.4 is 20.9 Å². The van der Waals surface area contributed by atoms with Crippen molar-refractivity contribution >= 4 is 29.2 Å². The Morgan fingerprint density at radius 3 is 2.48 bits per heavy atom. The summed E-state index contributed by atoms with van der Waals surface area (Å²) in [6.07, 6.45) is 5.65. The average Bonchev–Trinajstić information content (AvgIpc) is 3.21. The molecule has 7 heteroatoms. The predicted molar refractivity (Wildman–Crippen MR) is 121 cm³/mol. The number of nitrogens with zero attached hydrogens (tertiary/aromatic N) is 1. The molecule has 4 amide bonds. The van der Waals surface area contributed by atoms with Gasteiger partial charge in [-0.15, -0.1) is 0 Å². The van der Waals surface area contributed by atoms with Crippen LogP contribution >= 0.6 is 0 Å². The molecule has 31 heavy (non-hydrogen) atoms. The van der Waals surface area contributed by atoms with Gasteiger partial charge in [0.1, 0.15) is 0 Å². The third-order valence-electron chi connectivity index (χ3n) is 5.95. The van der Waals surface area contributed by atoms with Crippen LogP contribution in [-0.4, -0.2) is 37.0 Å². The molecular weight excluding hydrogens is 392 g/mol. The SMILES string of the molecule is Cc1cc(C(=O)NC2CCCCC2)ccc1NC(=O)c1cccc(N2CCNC2=O)c1. The third-order valence-corrected chi connectivity index (χ3v) is 5.95. The quantitative estimate of drug-likeness (QED) is 0.686. The zero-order chi connectivity index (χ0) is 21.8. The molecule has 0 aromatic heterocycles. The Morgan fingerprint density at radius 2 is 1.77 bits per heavy atom. The molecule has 3 N–H and O–H groups in total. The highest BCUT2D eigenvalue weighted by molar-refractivity contribution is 6.06. The van der Waals surface area contributed by atoms with Crippen LogP contribution in [0, 0.1) is 6.92 Å². The maximum Gasteiger partial charge on any atom is 0.321 e. The molecule has 1 saturated carbocycles. The third kappa shape index (κ3) is 4.87. The summed E-state index contributed by atoms with van der Waals surface area (Å²) in [5.41, 5.74) is 3.23. The van der Waals surface area contributed by atoms with Gasteiger partial charge in [-0.25, -0.2) is 4.79 Å². The molecule has 0 atom stereocenters. The van der Waals surface area contributed by atoms with Gasteiger partial charge in [0.2, 0.25) is 0 Å². The molecule has 0 unspecified atom stereocenters. The highest BCUT2D eigenvalue weighted by atomic mass is 16.2. The fraction of sp³-hybridized carbons (Fsp3) is 0.375. The summed E-state index contributed by atoms with van der Waals surface area (Å²) in [5.74, 6) is -0.326. The number of hydrogen-bond donors (Lipinski definition) is 3. The number of benzene rings is 2. The number of urea groups is 1. The number of hydrogen-bond acceptors (Lipinski definition) is 3. The largest absolute Gasteiger partial charge is 0.349 e. The Bertz CT molecular complexity index is 998. The van der Waals surface area contributed by atoms with Crippen molar-refractivity contribution < 1.29 is 14.4 Å². The van der Waals surface area contributed by atoms with Crippen molar-refractivity contribution in [1.29, 1.82) is 0 Å². The van der Waals surface area contributed by atoms with Gasteiger partial charge in [-0.1, -0.05) is 25.3 Å². The summed E-state index contributed by atoms with van der Waals surface area (Å²) in [6.45, 7) is 3.04. The molecule has 162 valence electrons. The number of nitrogens with one attached hydrogen (secondary N) is 3. The Balaban J connectivity index is 1.42. The second-order valence-electron chi connectivity index (χ2n) is 8.23. The maximum atomic E-state index is 12.8. The summed E-state index contributed by atoms with van der Waals surface area (Å²) in [6, 6.07) is 12.4. The van der Waals surface area contributed by atoms with Crippen molar-refractivity contribution in [2.75, 3.05) is 23.3 Å². The van der Waals surface area contributed by atoms with Gasteiger partial charge in [0, 0.05) is 41.6 Å². The molecule has 2 aliphatic rings. The molecule has 2 aromatic rings. The molecule has 2 aromatic carbocycles. The first-order chi connectivity index (χ1) is 15.0. The fourth-order valence-corrected chi connectivity index (χ4v) is 4.19. The van der Waals surface area contributed by atoms with Crippen LogP contribution in [0.25, 0.3) is 0 Å². The van der Waals surface area contributed by atoms with Crippen LogP contribution in [-0.2, 0) is 0 Å². The van der Waals surface area contributed by atoms with E-state index in [4.69, 9.17) is 0 Å². The molecule has 0 radical (unpaired) electrons. The van der Waals surface area contributed by atoms with Gasteiger partial charge >= 0.3 is 6.03 Å². The molecule has 1 saturated heterocycles. The Labute approximate surface area is 182 Å². The van der Waals surface area contributed by atoms with Gasteiger partial charge in [0.25, 0.3) is 11.8 Å². The van der Waals surface area contributed by atoms with Crippen molar-refractivity contribution in [2.24, 2.45) is 0 Å². The fourth-order valence-electron chi connectivity index (χ4n) is 4.19. The summed E-state index contributed by atoms with van der Waals surface area (Å²) >= 11 is 0. The van der Waals surface area contributed by atoms with E-state index in [-0.39, 0.29) is 23.9 Å². The van der Waals surface area contributed by atoms with E-state index < -0.39 is 0 Å². The van der Waals surface area contributed by atoms with Gasteiger partial charge in [-0.3, -0.25) is 14.5 Å². The van der Waals surface area contributed by atoms with Crippen molar-refractivity contribution in [3.63, 3.8) is 0 Å². The molecule has 1 heterocycles. The lowest BCUT2D eigenvalue weighted by atomic mass is 9.95. The highest BCUT2D eigenvalue weighted by Crippen LogP contribution is 2.22. The van der Waals surface area contributed by atoms with Crippen LogP contribution in [0.1, 0.15) is 58.4 Å². The van der Waals surface area contributed by atoms with Crippen LogP contribution in [0.5, 0.6) is 0 Å². The van der Waals surface area contributed by atoms with Crippen molar-refractivity contribution in [2.45, 2.75) is 45.1 Å². The average molecular weight is 421 g/mol. The minimum atomic E-state index is -0.260. The van der Waals surface area contributed by atoms with Crippen LogP contribution in [0.15, 0.2) is 42.5 Å². The minimum absolute atomic E-state index is 0.0653. The summed E-state index contributed by atoms with van der Waals surface area (Å²) in [7, 11) is 0. The standard InChI is InChI=1S/C24H28N4O3/c1-16-14-18(22(29)26-19-7-3-2-4-8-19)10-11-21(16)27-23(30)17-6-5-9-20(15-17)28-13-12-25-24(28)31/h5-6,9-11,14-15,19H,2-4,7-8,12-13H2,1H3,(H,25,31)(H,26,29)(H,27,30). The molecular formula is C24H28N4O3. The molecule has 1 aliphatic carbocycles. The number of carbonyl (C=O) groups is 3. The molecule has 2 fully saturated rings. The Morgan fingerprint density at radius 1 is 1.00 bits per heavy atom. The van der Waals surface area contributed by atoms with E-state index in [9.17, 15) is 14.4 Å². The van der Waals surface area contributed by atoms with Gasteiger partial charge in [-0.2, -0.15) is 0 Å². The Kier molecular flexibility index (Phi) is 6.21. The van der Waals surface area contributed by atoms with E-state index in [0.29, 0.717) is 35.6 Å². The van der Waals surface area contributed by atoms with Crippen molar-refractivity contribution in [3.05, 3.63) is 59.2 Å². The van der Waals surface area contributed by atoms with Crippen LogP contribution in [0.3, 0.4) is 0 Å². The molecule has 1 aliphatic heterocycles. The zero-order valence-corrected chi connectivity index (χ0v) is 17.7. The van der Waals surface area contributed by atoms with E-state index in [1.807, 2.05) is 13.0 Å². The number of carbonyl (C=O) groups excluding carboxylic acids is 3. The van der Waals surface area contributed by atoms with E-state index in [1.165, 1.54) is 19.3 Å². The summed E-state index contributed by atoms with van der Waals surface area (Å²) < 4.78 is 0. The Hall–Kier alpha value is -3.35. The highest BCUT2D eigenvalue weighted by Gasteiger charge is 2.22. The van der Waals surface area contributed by atoms with Crippen LogP contribution in [0.4, 0.5) is 16.2 Å². The molecule has 4 rings (SSSR count). The lowest BCUT2D eigenvalue weighted by Crippen LogP contribution is -2.36. The zero-order valence-electron chi connectivity index (χ0n) is 17.7.